The minimum absolute atomic E-state index is 0.105. The van der Waals surface area contributed by atoms with Crippen LogP contribution in [-0.2, 0) is 78.8 Å². The van der Waals surface area contributed by atoms with Gasteiger partial charge in [0.25, 0.3) is 0 Å². The van der Waals surface area contributed by atoms with Crippen LogP contribution in [0.2, 0.25) is 0 Å². The van der Waals surface area contributed by atoms with E-state index in [0.717, 1.165) is 22.3 Å². The van der Waals surface area contributed by atoms with E-state index in [1.165, 1.54) is 47.0 Å². The minimum Gasteiger partial charge on any atom is -0.480 e. The molecule has 0 unspecified atom stereocenters. The van der Waals surface area contributed by atoms with Gasteiger partial charge >= 0.3 is 35.8 Å². The molecule has 0 aromatic heterocycles. The molecule has 436 valence electrons. The van der Waals surface area contributed by atoms with E-state index < -0.39 is 97.1 Å². The Hall–Kier alpha value is -5.70. The SMILES string of the molecule is CCOC(=O)COC(=O)COc1c2cc(C(C)(C)C)cc1Sc1cc(C(C)(C)C)cc(c1OCC(=O)OCC)Sc1cc(C(C)(C)C)cc(c1OCC(=O)OCC(=O)OCC)Sc1cc(C(C)(C)C)cc(c1OCC(=O)OCC)S2. The monoisotopic (exact) mass is 1180 g/mol. The zero-order chi connectivity index (χ0) is 59.3. The third-order valence-electron chi connectivity index (χ3n) is 11.7. The number of carbonyl (C=O) groups excluding carboxylic acids is 6. The molecule has 0 atom stereocenters. The first-order valence-electron chi connectivity index (χ1n) is 26.4. The molecule has 1 aliphatic heterocycles. The lowest BCUT2D eigenvalue weighted by atomic mass is 9.87. The van der Waals surface area contributed by atoms with E-state index >= 15 is 0 Å². The molecule has 20 heteroatoms. The molecule has 0 saturated heterocycles. The van der Waals surface area contributed by atoms with Crippen molar-refractivity contribution in [1.29, 1.82) is 0 Å². The molecule has 0 fully saturated rings. The summed E-state index contributed by atoms with van der Waals surface area (Å²) in [6, 6.07) is 15.9. The quantitative estimate of drug-likeness (QED) is 0.0527. The maximum absolute atomic E-state index is 13.5. The Kier molecular flexibility index (Phi) is 23.1. The third-order valence-corrected chi connectivity index (χ3v) is 15.9. The first-order chi connectivity index (χ1) is 37.4. The molecule has 1 aliphatic rings. The largest absolute Gasteiger partial charge is 0.480 e. The first-order valence-corrected chi connectivity index (χ1v) is 29.6. The second-order valence-electron chi connectivity index (χ2n) is 22.3. The Labute approximate surface area is 487 Å². The molecule has 4 aromatic rings. The third kappa shape index (κ3) is 18.7. The lowest BCUT2D eigenvalue weighted by Gasteiger charge is -2.28. The second-order valence-corrected chi connectivity index (χ2v) is 26.6. The summed E-state index contributed by atoms with van der Waals surface area (Å²) >= 11 is 5.17. The van der Waals surface area contributed by atoms with Gasteiger partial charge in [-0.25, -0.2) is 28.8 Å². The van der Waals surface area contributed by atoms with Gasteiger partial charge in [0.05, 0.1) is 65.6 Å². The van der Waals surface area contributed by atoms with E-state index in [2.05, 4.69) is 83.1 Å². The lowest BCUT2D eigenvalue weighted by molar-refractivity contribution is -0.159. The maximum Gasteiger partial charge on any atom is 0.344 e. The maximum atomic E-state index is 13.5. The van der Waals surface area contributed by atoms with Crippen LogP contribution < -0.4 is 18.9 Å². The van der Waals surface area contributed by atoms with Gasteiger partial charge in [-0.05, 0) is 120 Å². The number of esters is 6. The van der Waals surface area contributed by atoms with Crippen molar-refractivity contribution in [1.82, 2.24) is 0 Å². The molecule has 0 aliphatic carbocycles. The summed E-state index contributed by atoms with van der Waals surface area (Å²) in [7, 11) is 0. The normalized spacial score (nSPS) is 12.6. The van der Waals surface area contributed by atoms with Crippen LogP contribution in [0.15, 0.2) is 87.7 Å². The van der Waals surface area contributed by atoms with Crippen LogP contribution in [0.3, 0.4) is 0 Å². The highest BCUT2D eigenvalue weighted by molar-refractivity contribution is 8.01. The molecular weight excluding hydrogens is 1100 g/mol. The van der Waals surface area contributed by atoms with Crippen LogP contribution in [0.25, 0.3) is 0 Å². The number of hydrogen-bond donors (Lipinski definition) is 0. The summed E-state index contributed by atoms with van der Waals surface area (Å²) in [6.07, 6.45) is 0. The molecule has 1 heterocycles. The Morgan fingerprint density at radius 2 is 0.450 bits per heavy atom. The minimum atomic E-state index is -0.827. The summed E-state index contributed by atoms with van der Waals surface area (Å²) in [5.74, 6) is -3.11. The van der Waals surface area contributed by atoms with Crippen molar-refractivity contribution in [3.8, 4) is 23.0 Å². The fraction of sp³-hybridized carbons (Fsp3) is 0.500. The van der Waals surface area contributed by atoms with Crippen molar-refractivity contribution in [2.75, 3.05) is 66.1 Å². The van der Waals surface area contributed by atoms with Crippen LogP contribution in [0.1, 0.15) is 133 Å². The van der Waals surface area contributed by atoms with Gasteiger partial charge in [-0.3, -0.25) is 0 Å². The van der Waals surface area contributed by atoms with E-state index in [-0.39, 0.29) is 37.9 Å². The van der Waals surface area contributed by atoms with Gasteiger partial charge in [-0.2, -0.15) is 0 Å². The van der Waals surface area contributed by atoms with E-state index in [0.29, 0.717) is 50.7 Å². The van der Waals surface area contributed by atoms with Gasteiger partial charge in [-0.1, -0.05) is 130 Å². The van der Waals surface area contributed by atoms with Gasteiger partial charge in [0.2, 0.25) is 0 Å². The zero-order valence-corrected chi connectivity index (χ0v) is 52.1. The van der Waals surface area contributed by atoms with Crippen molar-refractivity contribution in [2.45, 2.75) is 172 Å². The molecule has 80 heavy (non-hydrogen) atoms. The highest BCUT2D eigenvalue weighted by atomic mass is 32.2. The Morgan fingerprint density at radius 1 is 0.287 bits per heavy atom. The number of benzene rings is 4. The predicted octanol–water partition coefficient (Wildman–Crippen LogP) is 12.6. The molecule has 8 bridgehead atoms. The summed E-state index contributed by atoms with van der Waals surface area (Å²) in [6.45, 7) is 28.8. The number of ether oxygens (including phenoxy) is 10. The fourth-order valence-corrected chi connectivity index (χ4v) is 12.2. The first kappa shape index (κ1) is 65.1. The highest BCUT2D eigenvalue weighted by Gasteiger charge is 2.32. The lowest BCUT2D eigenvalue weighted by Crippen LogP contribution is -2.21. The molecule has 4 aromatic carbocycles. The van der Waals surface area contributed by atoms with Crippen LogP contribution in [0, 0.1) is 0 Å². The number of rotatable bonds is 20. The van der Waals surface area contributed by atoms with Crippen LogP contribution >= 0.6 is 47.0 Å². The Balaban J connectivity index is 1.99. The van der Waals surface area contributed by atoms with E-state index in [1.54, 1.807) is 27.7 Å². The summed E-state index contributed by atoms with van der Waals surface area (Å²) in [5.41, 5.74) is 1.69. The predicted molar refractivity (Wildman–Crippen MR) is 307 cm³/mol. The van der Waals surface area contributed by atoms with E-state index in [1.807, 2.05) is 48.5 Å². The van der Waals surface area contributed by atoms with Gasteiger partial charge in [0.1, 0.15) is 23.0 Å². The van der Waals surface area contributed by atoms with Crippen LogP contribution in [0.5, 0.6) is 23.0 Å². The van der Waals surface area contributed by atoms with Crippen molar-refractivity contribution in [2.24, 2.45) is 0 Å². The highest BCUT2D eigenvalue weighted by Crippen LogP contribution is 2.56. The average Bonchev–Trinajstić information content (AvgIpc) is 3.35. The fourth-order valence-electron chi connectivity index (χ4n) is 7.39. The van der Waals surface area contributed by atoms with Crippen molar-refractivity contribution in [3.63, 3.8) is 0 Å². The molecule has 5 rings (SSSR count). The molecular formula is C60H76O16S4. The summed E-state index contributed by atoms with van der Waals surface area (Å²) < 4.78 is 57.9. The van der Waals surface area contributed by atoms with Crippen molar-refractivity contribution in [3.05, 3.63) is 70.8 Å². The second kappa shape index (κ2) is 28.3. The van der Waals surface area contributed by atoms with Crippen LogP contribution in [-0.4, -0.2) is 102 Å². The summed E-state index contributed by atoms with van der Waals surface area (Å²) in [5, 5.41) is 0. The van der Waals surface area contributed by atoms with Crippen molar-refractivity contribution < 1.29 is 76.1 Å². The van der Waals surface area contributed by atoms with Crippen molar-refractivity contribution >= 4 is 82.9 Å². The topological polar surface area (TPSA) is 195 Å². The number of fused-ring (bicyclic) bond motifs is 8. The molecule has 0 N–H and O–H groups in total. The average molecular weight is 1180 g/mol. The van der Waals surface area contributed by atoms with Gasteiger partial charge in [0, 0.05) is 0 Å². The number of hydrogen-bond acceptors (Lipinski definition) is 20. The van der Waals surface area contributed by atoms with Gasteiger partial charge in [0.15, 0.2) is 39.6 Å². The van der Waals surface area contributed by atoms with E-state index in [9.17, 15) is 28.8 Å². The molecule has 0 radical (unpaired) electrons. The molecule has 0 amide bonds. The molecule has 0 saturated carbocycles. The smallest absolute Gasteiger partial charge is 0.344 e. The van der Waals surface area contributed by atoms with Gasteiger partial charge < -0.3 is 47.4 Å². The Morgan fingerprint density at radius 3 is 0.613 bits per heavy atom. The number of carbonyl (C=O) groups is 6. The Bertz CT molecular complexity index is 2610. The molecule has 0 spiro atoms. The summed E-state index contributed by atoms with van der Waals surface area (Å²) in [4.78, 5) is 82.7. The van der Waals surface area contributed by atoms with E-state index in [4.69, 9.17) is 47.4 Å². The van der Waals surface area contributed by atoms with Crippen LogP contribution in [0.4, 0.5) is 0 Å². The standard InChI is InChI=1S/C60H76O16S4/c1-17-67-47(61)29-71-51(65)33-75-55-43-25-37(59(11,12)13)26-44(55)78-40-22-36(58(8,9)10)24-42(54(40)74-32-50(64)70-20-4)80-46-28-38(60(14,15)16)27-45(56(46)76-34-52(66)72-30-48(62)68-18-2)79-41-23-35(57(5,6)7)21-39(77-43)53(41)73-31-49(63)69-19-3/h21-28H,17-20,29-34H2,1-16H3. The van der Waals surface area contributed by atoms with Gasteiger partial charge in [-0.15, -0.1) is 0 Å². The molecule has 16 nitrogen and oxygen atoms in total. The zero-order valence-electron chi connectivity index (χ0n) is 48.9.